The van der Waals surface area contributed by atoms with Gasteiger partial charge in [0.2, 0.25) is 5.91 Å². The highest BCUT2D eigenvalue weighted by atomic mass is 16.5. The summed E-state index contributed by atoms with van der Waals surface area (Å²) < 4.78 is 5.28. The third-order valence-electron chi connectivity index (χ3n) is 2.03. The van der Waals surface area contributed by atoms with E-state index in [0.29, 0.717) is 13.2 Å². The molecule has 11 heavy (non-hydrogen) atoms. The van der Waals surface area contributed by atoms with Gasteiger partial charge in [-0.05, 0) is 13.8 Å². The molecule has 1 fully saturated rings. The van der Waals surface area contributed by atoms with Crippen LogP contribution in [0.3, 0.4) is 0 Å². The van der Waals surface area contributed by atoms with Gasteiger partial charge < -0.3 is 9.64 Å². The average Bonchev–Trinajstić information content (AvgIpc) is 1.85. The molecule has 0 aromatic heterocycles. The molecule has 3 heteroatoms. The minimum absolute atomic E-state index is 0.147. The second-order valence-corrected chi connectivity index (χ2v) is 3.16. The van der Waals surface area contributed by atoms with Crippen molar-refractivity contribution in [1.82, 2.24) is 4.90 Å². The molecule has 64 valence electrons. The average molecular weight is 157 g/mol. The molecule has 1 aliphatic heterocycles. The van der Waals surface area contributed by atoms with E-state index in [9.17, 15) is 4.79 Å². The molecule has 0 aromatic rings. The Morgan fingerprint density at radius 3 is 2.09 bits per heavy atom. The predicted octanol–water partition coefficient (Wildman–Crippen LogP) is 0.642. The van der Waals surface area contributed by atoms with Crippen LogP contribution in [0.4, 0.5) is 0 Å². The fourth-order valence-corrected chi connectivity index (χ4v) is 1.62. The quantitative estimate of drug-likeness (QED) is 0.516. The Balaban J connectivity index is 2.62. The van der Waals surface area contributed by atoms with Gasteiger partial charge in [-0.1, -0.05) is 0 Å². The van der Waals surface area contributed by atoms with E-state index in [4.69, 9.17) is 4.74 Å². The van der Waals surface area contributed by atoms with Crippen LogP contribution in [0.5, 0.6) is 0 Å². The standard InChI is InChI=1S/C8H15NO2/c1-6-4-11-5-7(2)9(6)8(3)10/h6-7H,4-5H2,1-3H3/t6-,7?/m1/s1. The van der Waals surface area contributed by atoms with Gasteiger partial charge >= 0.3 is 0 Å². The molecule has 0 spiro atoms. The van der Waals surface area contributed by atoms with Crippen LogP contribution in [0.15, 0.2) is 0 Å². The predicted molar refractivity (Wildman–Crippen MR) is 42.3 cm³/mol. The second-order valence-electron chi connectivity index (χ2n) is 3.16. The summed E-state index contributed by atoms with van der Waals surface area (Å²) in [5, 5.41) is 0. The van der Waals surface area contributed by atoms with Crippen LogP contribution in [-0.2, 0) is 9.53 Å². The van der Waals surface area contributed by atoms with E-state index < -0.39 is 0 Å². The molecule has 1 amide bonds. The largest absolute Gasteiger partial charge is 0.377 e. The summed E-state index contributed by atoms with van der Waals surface area (Å²) in [7, 11) is 0. The zero-order valence-electron chi connectivity index (χ0n) is 7.33. The first-order chi connectivity index (χ1) is 5.13. The highest BCUT2D eigenvalue weighted by molar-refractivity contribution is 5.74. The number of hydrogen-bond acceptors (Lipinski definition) is 2. The highest BCUT2D eigenvalue weighted by Gasteiger charge is 2.26. The van der Waals surface area contributed by atoms with Crippen LogP contribution >= 0.6 is 0 Å². The minimum Gasteiger partial charge on any atom is -0.377 e. The van der Waals surface area contributed by atoms with Crippen LogP contribution < -0.4 is 0 Å². The van der Waals surface area contributed by atoms with Crippen molar-refractivity contribution < 1.29 is 9.53 Å². The molecule has 0 aliphatic carbocycles. The van der Waals surface area contributed by atoms with Gasteiger partial charge in [-0.15, -0.1) is 0 Å². The fraction of sp³-hybridized carbons (Fsp3) is 0.875. The molecule has 1 heterocycles. The molecule has 2 atom stereocenters. The Morgan fingerprint density at radius 2 is 1.82 bits per heavy atom. The molecule has 0 radical (unpaired) electrons. The van der Waals surface area contributed by atoms with Crippen molar-refractivity contribution >= 4 is 5.91 Å². The summed E-state index contributed by atoms with van der Waals surface area (Å²) in [4.78, 5) is 13.0. The summed E-state index contributed by atoms with van der Waals surface area (Å²) in [6.07, 6.45) is 0. The third kappa shape index (κ3) is 1.71. The van der Waals surface area contributed by atoms with Crippen molar-refractivity contribution in [3.05, 3.63) is 0 Å². The van der Waals surface area contributed by atoms with Crippen molar-refractivity contribution in [2.75, 3.05) is 13.2 Å². The first-order valence-corrected chi connectivity index (χ1v) is 3.99. The monoisotopic (exact) mass is 157 g/mol. The van der Waals surface area contributed by atoms with Crippen LogP contribution in [-0.4, -0.2) is 36.1 Å². The summed E-state index contributed by atoms with van der Waals surface area (Å²) in [5.41, 5.74) is 0. The molecule has 0 aromatic carbocycles. The van der Waals surface area contributed by atoms with Crippen LogP contribution in [0.2, 0.25) is 0 Å². The Morgan fingerprint density at radius 1 is 1.36 bits per heavy atom. The minimum atomic E-state index is 0.147. The first-order valence-electron chi connectivity index (χ1n) is 3.99. The maximum absolute atomic E-state index is 11.1. The Hall–Kier alpha value is -0.570. The van der Waals surface area contributed by atoms with E-state index in [2.05, 4.69) is 0 Å². The normalized spacial score (nSPS) is 32.1. The van der Waals surface area contributed by atoms with Gasteiger partial charge in [0.25, 0.3) is 0 Å². The van der Waals surface area contributed by atoms with Gasteiger partial charge in [0, 0.05) is 6.92 Å². The number of morpholine rings is 1. The number of hydrogen-bond donors (Lipinski definition) is 0. The van der Waals surface area contributed by atoms with E-state index >= 15 is 0 Å². The first kappa shape index (κ1) is 8.53. The number of ether oxygens (including phenoxy) is 1. The topological polar surface area (TPSA) is 29.5 Å². The van der Waals surface area contributed by atoms with Crippen molar-refractivity contribution in [2.45, 2.75) is 32.9 Å². The van der Waals surface area contributed by atoms with Crippen molar-refractivity contribution in [3.8, 4) is 0 Å². The number of carbonyl (C=O) groups is 1. The maximum Gasteiger partial charge on any atom is 0.220 e. The molecule has 1 unspecified atom stereocenters. The summed E-state index contributed by atoms with van der Waals surface area (Å²) >= 11 is 0. The lowest BCUT2D eigenvalue weighted by molar-refractivity contribution is -0.141. The van der Waals surface area contributed by atoms with Crippen LogP contribution in [0, 0.1) is 0 Å². The summed E-state index contributed by atoms with van der Waals surface area (Å²) in [5.74, 6) is 0.147. The van der Waals surface area contributed by atoms with Gasteiger partial charge in [-0.2, -0.15) is 0 Å². The smallest absolute Gasteiger partial charge is 0.220 e. The van der Waals surface area contributed by atoms with Crippen LogP contribution in [0.1, 0.15) is 20.8 Å². The SMILES string of the molecule is CC(=O)N1C(C)COC[C@H]1C. The number of amides is 1. The lowest BCUT2D eigenvalue weighted by atomic mass is 10.2. The van der Waals surface area contributed by atoms with Crippen LogP contribution in [0.25, 0.3) is 0 Å². The molecule has 0 bridgehead atoms. The zero-order valence-corrected chi connectivity index (χ0v) is 7.33. The van der Waals surface area contributed by atoms with Gasteiger partial charge in [-0.3, -0.25) is 4.79 Å². The van der Waals surface area contributed by atoms with Crippen molar-refractivity contribution in [1.29, 1.82) is 0 Å². The fourth-order valence-electron chi connectivity index (χ4n) is 1.62. The molecule has 1 rings (SSSR count). The number of nitrogens with zero attached hydrogens (tertiary/aromatic N) is 1. The number of rotatable bonds is 0. The molecule has 0 saturated carbocycles. The van der Waals surface area contributed by atoms with Gasteiger partial charge in [-0.25, -0.2) is 0 Å². The van der Waals surface area contributed by atoms with Gasteiger partial charge in [0.05, 0.1) is 25.3 Å². The van der Waals surface area contributed by atoms with Gasteiger partial charge in [0.1, 0.15) is 0 Å². The van der Waals surface area contributed by atoms with E-state index in [1.165, 1.54) is 0 Å². The van der Waals surface area contributed by atoms with E-state index in [1.54, 1.807) is 6.92 Å². The third-order valence-corrected chi connectivity index (χ3v) is 2.03. The number of carbonyl (C=O) groups excluding carboxylic acids is 1. The van der Waals surface area contributed by atoms with E-state index in [-0.39, 0.29) is 18.0 Å². The van der Waals surface area contributed by atoms with E-state index in [1.807, 2.05) is 18.7 Å². The molecule has 0 N–H and O–H groups in total. The second kappa shape index (κ2) is 3.22. The molecular weight excluding hydrogens is 142 g/mol. The zero-order chi connectivity index (χ0) is 8.43. The molecular formula is C8H15NO2. The Kier molecular flexibility index (Phi) is 2.49. The van der Waals surface area contributed by atoms with Crippen molar-refractivity contribution in [3.63, 3.8) is 0 Å². The Labute approximate surface area is 67.3 Å². The molecule has 3 nitrogen and oxygen atoms in total. The summed E-state index contributed by atoms with van der Waals surface area (Å²) in [6, 6.07) is 0.465. The maximum atomic E-state index is 11.1. The van der Waals surface area contributed by atoms with Gasteiger partial charge in [0.15, 0.2) is 0 Å². The summed E-state index contributed by atoms with van der Waals surface area (Å²) in [6.45, 7) is 6.97. The lowest BCUT2D eigenvalue weighted by Gasteiger charge is -2.38. The van der Waals surface area contributed by atoms with Crippen molar-refractivity contribution in [2.24, 2.45) is 0 Å². The van der Waals surface area contributed by atoms with E-state index in [0.717, 1.165) is 0 Å². The Bertz CT molecular complexity index is 148. The highest BCUT2D eigenvalue weighted by Crippen LogP contribution is 2.12. The molecule has 1 saturated heterocycles. The lowest BCUT2D eigenvalue weighted by Crippen LogP contribution is -2.51. The molecule has 1 aliphatic rings.